The van der Waals surface area contributed by atoms with Gasteiger partial charge in [-0.3, -0.25) is 4.79 Å². The van der Waals surface area contributed by atoms with Crippen molar-refractivity contribution in [3.8, 4) is 11.4 Å². The monoisotopic (exact) mass is 405 g/mol. The number of aromatic nitrogens is 2. The highest BCUT2D eigenvalue weighted by Crippen LogP contribution is 2.28. The second kappa shape index (κ2) is 6.95. The number of hydrogen-bond donors (Lipinski definition) is 1. The lowest BCUT2D eigenvalue weighted by Gasteiger charge is -2.12. The molecule has 124 valence electrons. The first-order valence-electron chi connectivity index (χ1n) is 7.65. The molecule has 3 aromatic rings. The van der Waals surface area contributed by atoms with E-state index in [1.54, 1.807) is 0 Å². The number of amides is 1. The molecule has 0 atom stereocenters. The maximum absolute atomic E-state index is 12.3. The topological polar surface area (TPSA) is 46.9 Å². The number of carbonyl (C=O) groups excluding carboxylic acids is 1. The SMILES string of the molecule is CC(C)NC(=O)Cn1c(-c2cccc(Cl)c2)nc2cc(Br)ccc21. The molecule has 0 unspecified atom stereocenters. The number of nitrogens with one attached hydrogen (secondary N) is 1. The molecule has 1 amide bonds. The molecular formula is C18H17BrClN3O. The van der Waals surface area contributed by atoms with E-state index in [0.717, 1.165) is 26.9 Å². The molecule has 0 aliphatic carbocycles. The second-order valence-electron chi connectivity index (χ2n) is 5.89. The largest absolute Gasteiger partial charge is 0.352 e. The van der Waals surface area contributed by atoms with E-state index in [9.17, 15) is 4.79 Å². The Bertz CT molecular complexity index is 904. The summed E-state index contributed by atoms with van der Waals surface area (Å²) in [6, 6.07) is 13.4. The average Bonchev–Trinajstić information content (AvgIpc) is 2.84. The predicted octanol–water partition coefficient (Wildman–Crippen LogP) is 4.64. The van der Waals surface area contributed by atoms with Gasteiger partial charge in [0.1, 0.15) is 12.4 Å². The van der Waals surface area contributed by atoms with Crippen LogP contribution in [-0.2, 0) is 11.3 Å². The van der Waals surface area contributed by atoms with Crippen molar-refractivity contribution in [1.82, 2.24) is 14.9 Å². The number of benzene rings is 2. The summed E-state index contributed by atoms with van der Waals surface area (Å²) in [6.45, 7) is 4.09. The van der Waals surface area contributed by atoms with E-state index in [2.05, 4.69) is 21.2 Å². The summed E-state index contributed by atoms with van der Waals surface area (Å²) in [5.74, 6) is 0.681. The zero-order valence-electron chi connectivity index (χ0n) is 13.4. The lowest BCUT2D eigenvalue weighted by Crippen LogP contribution is -2.33. The van der Waals surface area contributed by atoms with Gasteiger partial charge in [0.25, 0.3) is 0 Å². The van der Waals surface area contributed by atoms with Crippen molar-refractivity contribution in [2.75, 3.05) is 0 Å². The molecule has 2 aromatic carbocycles. The van der Waals surface area contributed by atoms with Gasteiger partial charge >= 0.3 is 0 Å². The van der Waals surface area contributed by atoms with Crippen molar-refractivity contribution in [3.05, 3.63) is 52.0 Å². The molecule has 1 N–H and O–H groups in total. The Hall–Kier alpha value is -1.85. The maximum Gasteiger partial charge on any atom is 0.240 e. The molecule has 0 fully saturated rings. The zero-order valence-corrected chi connectivity index (χ0v) is 15.7. The van der Waals surface area contributed by atoms with Gasteiger partial charge < -0.3 is 9.88 Å². The molecule has 0 radical (unpaired) electrons. The third-order valence-corrected chi connectivity index (χ3v) is 4.27. The first-order valence-corrected chi connectivity index (χ1v) is 8.82. The van der Waals surface area contributed by atoms with Gasteiger partial charge in [0.05, 0.1) is 11.0 Å². The quantitative estimate of drug-likeness (QED) is 0.686. The average molecular weight is 407 g/mol. The lowest BCUT2D eigenvalue weighted by atomic mass is 10.2. The van der Waals surface area contributed by atoms with E-state index in [4.69, 9.17) is 16.6 Å². The summed E-state index contributed by atoms with van der Waals surface area (Å²) in [5.41, 5.74) is 2.62. The molecule has 0 spiro atoms. The first kappa shape index (κ1) is 17.0. The summed E-state index contributed by atoms with van der Waals surface area (Å²) >= 11 is 9.59. The van der Waals surface area contributed by atoms with Crippen LogP contribution in [0.2, 0.25) is 5.02 Å². The summed E-state index contributed by atoms with van der Waals surface area (Å²) in [5, 5.41) is 3.56. The molecule has 0 aliphatic heterocycles. The van der Waals surface area contributed by atoms with E-state index in [1.807, 2.05) is 60.9 Å². The van der Waals surface area contributed by atoms with E-state index >= 15 is 0 Å². The zero-order chi connectivity index (χ0) is 17.3. The van der Waals surface area contributed by atoms with Crippen molar-refractivity contribution in [1.29, 1.82) is 0 Å². The minimum absolute atomic E-state index is 0.0458. The molecule has 6 heteroatoms. The minimum Gasteiger partial charge on any atom is -0.352 e. The fourth-order valence-electron chi connectivity index (χ4n) is 2.62. The van der Waals surface area contributed by atoms with Crippen molar-refractivity contribution in [3.63, 3.8) is 0 Å². The van der Waals surface area contributed by atoms with Gasteiger partial charge in [-0.2, -0.15) is 0 Å². The van der Waals surface area contributed by atoms with Crippen LogP contribution >= 0.6 is 27.5 Å². The number of halogens is 2. The van der Waals surface area contributed by atoms with Crippen molar-refractivity contribution >= 4 is 44.5 Å². The molecule has 0 saturated carbocycles. The van der Waals surface area contributed by atoms with E-state index < -0.39 is 0 Å². The van der Waals surface area contributed by atoms with Crippen molar-refractivity contribution < 1.29 is 4.79 Å². The Morgan fingerprint density at radius 1 is 1.29 bits per heavy atom. The standard InChI is InChI=1S/C18H17BrClN3O/c1-11(2)21-17(24)10-23-16-7-6-13(19)9-15(16)22-18(23)12-4-3-5-14(20)8-12/h3-9,11H,10H2,1-2H3,(H,21,24). The molecule has 1 heterocycles. The van der Waals surface area contributed by atoms with Crippen LogP contribution < -0.4 is 5.32 Å². The van der Waals surface area contributed by atoms with Crippen LogP contribution in [0, 0.1) is 0 Å². The number of fused-ring (bicyclic) bond motifs is 1. The van der Waals surface area contributed by atoms with Gasteiger partial charge in [-0.15, -0.1) is 0 Å². The fourth-order valence-corrected chi connectivity index (χ4v) is 3.16. The molecule has 24 heavy (non-hydrogen) atoms. The number of hydrogen-bond acceptors (Lipinski definition) is 2. The Balaban J connectivity index is 2.13. The van der Waals surface area contributed by atoms with Crippen LogP contribution in [0.15, 0.2) is 46.9 Å². The Morgan fingerprint density at radius 2 is 2.08 bits per heavy atom. The van der Waals surface area contributed by atoms with Gasteiger partial charge in [-0.1, -0.05) is 39.7 Å². The molecule has 0 bridgehead atoms. The van der Waals surface area contributed by atoms with Crippen LogP contribution in [0.3, 0.4) is 0 Å². The third kappa shape index (κ3) is 3.62. The summed E-state index contributed by atoms with van der Waals surface area (Å²) in [4.78, 5) is 17.0. The summed E-state index contributed by atoms with van der Waals surface area (Å²) < 4.78 is 2.87. The second-order valence-corrected chi connectivity index (χ2v) is 7.24. The van der Waals surface area contributed by atoms with E-state index in [-0.39, 0.29) is 18.5 Å². The number of rotatable bonds is 4. The van der Waals surface area contributed by atoms with E-state index in [0.29, 0.717) is 5.02 Å². The smallest absolute Gasteiger partial charge is 0.240 e. The van der Waals surface area contributed by atoms with Crippen LogP contribution in [0.1, 0.15) is 13.8 Å². The number of nitrogens with zero attached hydrogens (tertiary/aromatic N) is 2. The number of carbonyl (C=O) groups is 1. The third-order valence-electron chi connectivity index (χ3n) is 3.54. The highest BCUT2D eigenvalue weighted by molar-refractivity contribution is 9.10. The van der Waals surface area contributed by atoms with Crippen LogP contribution in [-0.4, -0.2) is 21.5 Å². The Kier molecular flexibility index (Phi) is 4.92. The van der Waals surface area contributed by atoms with Crippen molar-refractivity contribution in [2.24, 2.45) is 0 Å². The summed E-state index contributed by atoms with van der Waals surface area (Å²) in [7, 11) is 0. The van der Waals surface area contributed by atoms with Crippen LogP contribution in [0.25, 0.3) is 22.4 Å². The molecule has 3 rings (SSSR count). The molecule has 4 nitrogen and oxygen atoms in total. The molecule has 0 saturated heterocycles. The van der Waals surface area contributed by atoms with Crippen LogP contribution in [0.4, 0.5) is 0 Å². The van der Waals surface area contributed by atoms with Crippen molar-refractivity contribution in [2.45, 2.75) is 26.4 Å². The normalized spacial score (nSPS) is 11.2. The lowest BCUT2D eigenvalue weighted by molar-refractivity contribution is -0.122. The molecular weight excluding hydrogens is 390 g/mol. The highest BCUT2D eigenvalue weighted by Gasteiger charge is 2.16. The molecule has 1 aromatic heterocycles. The predicted molar refractivity (Wildman–Crippen MR) is 101 cm³/mol. The van der Waals surface area contributed by atoms with Gasteiger partial charge in [0.2, 0.25) is 5.91 Å². The van der Waals surface area contributed by atoms with Gasteiger partial charge in [-0.25, -0.2) is 4.98 Å². The van der Waals surface area contributed by atoms with Gasteiger partial charge in [-0.05, 0) is 44.2 Å². The highest BCUT2D eigenvalue weighted by atomic mass is 79.9. The molecule has 0 aliphatic rings. The van der Waals surface area contributed by atoms with Gasteiger partial charge in [0.15, 0.2) is 0 Å². The van der Waals surface area contributed by atoms with E-state index in [1.165, 1.54) is 0 Å². The fraction of sp³-hybridized carbons (Fsp3) is 0.222. The maximum atomic E-state index is 12.3. The Labute approximate surface area is 154 Å². The van der Waals surface area contributed by atoms with Gasteiger partial charge in [0, 0.05) is 21.1 Å². The number of imidazole rings is 1. The minimum atomic E-state index is -0.0458. The first-order chi connectivity index (χ1) is 11.4. The Morgan fingerprint density at radius 3 is 2.79 bits per heavy atom. The van der Waals surface area contributed by atoms with Crippen LogP contribution in [0.5, 0.6) is 0 Å². The summed E-state index contributed by atoms with van der Waals surface area (Å²) in [6.07, 6.45) is 0.